The molecular weight excluding hydrogens is 575 g/mol. The number of hydrogen-bond donors (Lipinski definition) is 3. The van der Waals surface area contributed by atoms with E-state index < -0.39 is 23.6 Å². The summed E-state index contributed by atoms with van der Waals surface area (Å²) < 4.78 is 46.1. The molecule has 8 nitrogen and oxygen atoms in total. The van der Waals surface area contributed by atoms with Gasteiger partial charge >= 0.3 is 6.18 Å². The number of aromatic nitrogens is 1. The molecule has 3 N–H and O–H groups in total. The first-order chi connectivity index (χ1) is 19.6. The molecule has 2 amide bonds. The molecule has 0 saturated heterocycles. The van der Waals surface area contributed by atoms with Crippen LogP contribution >= 0.6 is 23.1 Å². The third kappa shape index (κ3) is 6.13. The number of alkyl halides is 3. The molecule has 0 bridgehead atoms. The van der Waals surface area contributed by atoms with Crippen molar-refractivity contribution < 1.29 is 27.2 Å². The fraction of sp³-hybridized carbons (Fsp3) is 0.143. The van der Waals surface area contributed by atoms with Gasteiger partial charge in [0.2, 0.25) is 5.91 Å². The topological polar surface area (TPSA) is 120 Å². The second kappa shape index (κ2) is 11.5. The molecule has 1 atom stereocenters. The lowest BCUT2D eigenvalue weighted by atomic mass is 9.85. The molecule has 0 fully saturated rings. The number of halogens is 3. The number of nitrogens with zero attached hydrogens (tertiary/aromatic N) is 2. The molecule has 208 valence electrons. The molecule has 0 unspecified atom stereocenters. The van der Waals surface area contributed by atoms with Crippen molar-refractivity contribution in [2.75, 3.05) is 16.4 Å². The minimum Gasteiger partial charge on any atom is -0.468 e. The lowest BCUT2D eigenvalue weighted by Crippen LogP contribution is -2.31. The molecule has 41 heavy (non-hydrogen) atoms. The van der Waals surface area contributed by atoms with E-state index in [1.165, 1.54) is 29.7 Å². The van der Waals surface area contributed by atoms with Gasteiger partial charge in [0, 0.05) is 11.4 Å². The van der Waals surface area contributed by atoms with Crippen molar-refractivity contribution in [3.63, 3.8) is 0 Å². The second-order valence-electron chi connectivity index (χ2n) is 8.82. The third-order valence-electron chi connectivity index (χ3n) is 6.06. The maximum absolute atomic E-state index is 13.4. The Balaban J connectivity index is 1.37. The number of benzene rings is 2. The van der Waals surface area contributed by atoms with E-state index in [2.05, 4.69) is 27.0 Å². The highest BCUT2D eigenvalue weighted by molar-refractivity contribution is 8.03. The SMILES string of the molecule is CC1=C(C(=O)Nc2cccc(C(F)(F)F)c2)[C@H](c2ccco2)C(C#N)=C(SCC(=O)Nc2nc3ccccc3s2)N1. The van der Waals surface area contributed by atoms with Gasteiger partial charge in [0.05, 0.1) is 56.0 Å². The number of carbonyl (C=O) groups excluding carboxylic acids is 2. The van der Waals surface area contributed by atoms with E-state index in [4.69, 9.17) is 4.42 Å². The average Bonchev–Trinajstić information content (AvgIpc) is 3.61. The van der Waals surface area contributed by atoms with Crippen LogP contribution in [0.25, 0.3) is 10.2 Å². The number of thiazole rings is 1. The number of allylic oxidation sites excluding steroid dienone is 2. The number of para-hydroxylation sites is 1. The summed E-state index contributed by atoms with van der Waals surface area (Å²) in [5.41, 5.74) is 0.365. The predicted octanol–water partition coefficient (Wildman–Crippen LogP) is 6.61. The Morgan fingerprint density at radius 2 is 1.95 bits per heavy atom. The summed E-state index contributed by atoms with van der Waals surface area (Å²) in [7, 11) is 0. The Morgan fingerprint density at radius 3 is 2.66 bits per heavy atom. The van der Waals surface area contributed by atoms with Gasteiger partial charge in [-0.1, -0.05) is 41.3 Å². The number of amides is 2. The van der Waals surface area contributed by atoms with Crippen molar-refractivity contribution in [1.82, 2.24) is 10.3 Å². The van der Waals surface area contributed by atoms with Gasteiger partial charge in [0.25, 0.3) is 5.91 Å². The molecular formula is C28H20F3N5O3S2. The molecule has 1 aliphatic rings. The summed E-state index contributed by atoms with van der Waals surface area (Å²) in [6.45, 7) is 1.60. The standard InChI is InChI=1S/C28H20F3N5O3S2/c1-15-23(25(38)34-17-7-4-6-16(12-17)28(29,30)31)24(20-9-5-11-39-20)18(13-32)26(33-15)40-14-22(37)36-27-35-19-8-2-3-10-21(19)41-27/h2-12,24,33H,14H2,1H3,(H,34,38)(H,35,36,37)/t24-/m0/s1. The third-order valence-corrected chi connectivity index (χ3v) is 8.02. The smallest absolute Gasteiger partial charge is 0.416 e. The fourth-order valence-corrected chi connectivity index (χ4v) is 6.03. The van der Waals surface area contributed by atoms with Crippen molar-refractivity contribution >= 4 is 55.9 Å². The second-order valence-corrected chi connectivity index (χ2v) is 10.8. The summed E-state index contributed by atoms with van der Waals surface area (Å²) in [6, 6.07) is 17.1. The van der Waals surface area contributed by atoms with Gasteiger partial charge in [-0.3, -0.25) is 9.59 Å². The summed E-state index contributed by atoms with van der Waals surface area (Å²) >= 11 is 2.41. The quantitative estimate of drug-likeness (QED) is 0.220. The number of nitrogens with one attached hydrogen (secondary N) is 3. The maximum Gasteiger partial charge on any atom is 0.416 e. The number of anilines is 2. The van der Waals surface area contributed by atoms with Gasteiger partial charge in [-0.25, -0.2) is 4.98 Å². The van der Waals surface area contributed by atoms with Gasteiger partial charge < -0.3 is 20.4 Å². The maximum atomic E-state index is 13.4. The van der Waals surface area contributed by atoms with Crippen LogP contribution in [0.5, 0.6) is 0 Å². The average molecular weight is 596 g/mol. The van der Waals surface area contributed by atoms with E-state index in [-0.39, 0.29) is 34.3 Å². The number of furan rings is 1. The monoisotopic (exact) mass is 595 g/mol. The van der Waals surface area contributed by atoms with Crippen LogP contribution in [0.15, 0.2) is 93.2 Å². The number of fused-ring (bicyclic) bond motifs is 1. The van der Waals surface area contributed by atoms with Gasteiger partial charge in [0.1, 0.15) is 5.76 Å². The first-order valence-electron chi connectivity index (χ1n) is 12.1. The summed E-state index contributed by atoms with van der Waals surface area (Å²) in [4.78, 5) is 30.5. The highest BCUT2D eigenvalue weighted by Gasteiger charge is 2.37. The molecule has 13 heteroatoms. The van der Waals surface area contributed by atoms with E-state index in [0.29, 0.717) is 15.9 Å². The van der Waals surface area contributed by atoms with E-state index >= 15 is 0 Å². The molecule has 0 aliphatic carbocycles. The lowest BCUT2D eigenvalue weighted by Gasteiger charge is -2.28. The number of carbonyl (C=O) groups is 2. The van der Waals surface area contributed by atoms with Crippen LogP contribution in [0.2, 0.25) is 0 Å². The van der Waals surface area contributed by atoms with Crippen LogP contribution < -0.4 is 16.0 Å². The fourth-order valence-electron chi connectivity index (χ4n) is 4.26. The van der Waals surface area contributed by atoms with Crippen LogP contribution in [0, 0.1) is 11.3 Å². The van der Waals surface area contributed by atoms with Gasteiger partial charge in [-0.2, -0.15) is 18.4 Å². The normalized spacial score (nSPS) is 15.4. The Kier molecular flexibility index (Phi) is 7.87. The van der Waals surface area contributed by atoms with E-state index in [9.17, 15) is 28.0 Å². The Morgan fingerprint density at radius 1 is 1.15 bits per heavy atom. The first-order valence-corrected chi connectivity index (χ1v) is 13.9. The molecule has 4 aromatic rings. The van der Waals surface area contributed by atoms with E-state index in [0.717, 1.165) is 34.1 Å². The molecule has 2 aromatic carbocycles. The van der Waals surface area contributed by atoms with Crippen molar-refractivity contribution in [1.29, 1.82) is 5.26 Å². The zero-order chi connectivity index (χ0) is 29.1. The zero-order valence-corrected chi connectivity index (χ0v) is 22.8. The summed E-state index contributed by atoms with van der Waals surface area (Å²) in [5.74, 6) is -1.79. The van der Waals surface area contributed by atoms with Crippen molar-refractivity contribution in [2.24, 2.45) is 0 Å². The van der Waals surface area contributed by atoms with Crippen molar-refractivity contribution in [3.05, 3.63) is 100 Å². The number of hydrogen-bond acceptors (Lipinski definition) is 8. The number of dihydropyridines is 1. The van der Waals surface area contributed by atoms with E-state index in [1.54, 1.807) is 19.1 Å². The number of rotatable bonds is 7. The Labute approximate surface area is 239 Å². The summed E-state index contributed by atoms with van der Waals surface area (Å²) in [5, 5.41) is 19.2. The van der Waals surface area contributed by atoms with Crippen LogP contribution in [0.3, 0.4) is 0 Å². The predicted molar refractivity (Wildman–Crippen MR) is 151 cm³/mol. The van der Waals surface area contributed by atoms with Crippen molar-refractivity contribution in [2.45, 2.75) is 19.0 Å². The number of thioether (sulfide) groups is 1. The molecule has 0 spiro atoms. The Hall–Kier alpha value is -4.54. The zero-order valence-electron chi connectivity index (χ0n) is 21.2. The molecule has 0 saturated carbocycles. The van der Waals surface area contributed by atoms with E-state index in [1.807, 2.05) is 24.3 Å². The molecule has 3 heterocycles. The van der Waals surface area contributed by atoms with Crippen LogP contribution in [0.1, 0.15) is 24.2 Å². The largest absolute Gasteiger partial charge is 0.468 e. The summed E-state index contributed by atoms with van der Waals surface area (Å²) in [6.07, 6.45) is -3.19. The van der Waals surface area contributed by atoms with Gasteiger partial charge in [-0.15, -0.1) is 0 Å². The molecule has 2 aromatic heterocycles. The number of nitriles is 1. The minimum absolute atomic E-state index is 0.0579. The van der Waals surface area contributed by atoms with Gasteiger partial charge in [-0.05, 0) is 49.4 Å². The van der Waals surface area contributed by atoms with Crippen LogP contribution in [-0.4, -0.2) is 22.6 Å². The van der Waals surface area contributed by atoms with Crippen LogP contribution in [0.4, 0.5) is 24.0 Å². The minimum atomic E-state index is -4.58. The molecule has 0 radical (unpaired) electrons. The van der Waals surface area contributed by atoms with Crippen LogP contribution in [-0.2, 0) is 15.8 Å². The van der Waals surface area contributed by atoms with Gasteiger partial charge in [0.15, 0.2) is 5.13 Å². The highest BCUT2D eigenvalue weighted by atomic mass is 32.2. The first kappa shape index (κ1) is 28.0. The molecule has 1 aliphatic heterocycles. The lowest BCUT2D eigenvalue weighted by molar-refractivity contribution is -0.137. The Bertz CT molecular complexity index is 1700. The molecule has 5 rings (SSSR count). The highest BCUT2D eigenvalue weighted by Crippen LogP contribution is 2.41. The van der Waals surface area contributed by atoms with Crippen molar-refractivity contribution in [3.8, 4) is 6.07 Å².